The second-order valence-electron chi connectivity index (χ2n) is 4.40. The Bertz CT molecular complexity index is 646. The quantitative estimate of drug-likeness (QED) is 0.773. The number of halogens is 2. The van der Waals surface area contributed by atoms with Gasteiger partial charge in [-0.2, -0.15) is 0 Å². The Kier molecular flexibility index (Phi) is 4.34. The molecule has 0 aromatic heterocycles. The Labute approximate surface area is 135 Å². The lowest BCUT2D eigenvalue weighted by molar-refractivity contribution is 0.849. The number of hydrogen-bond acceptors (Lipinski definition) is 3. The molecular weight excluding hydrogens is 356 g/mol. The molecule has 0 amide bonds. The SMILES string of the molecule is Clc1cccc(NC2=NC(c3ccccc3)CS2)c1Br. The molecule has 1 heterocycles. The van der Waals surface area contributed by atoms with E-state index in [1.165, 1.54) is 5.56 Å². The van der Waals surface area contributed by atoms with E-state index in [4.69, 9.17) is 16.6 Å². The predicted molar refractivity (Wildman–Crippen MR) is 91.9 cm³/mol. The molecule has 1 atom stereocenters. The topological polar surface area (TPSA) is 24.4 Å². The summed E-state index contributed by atoms with van der Waals surface area (Å²) < 4.78 is 0.869. The van der Waals surface area contributed by atoms with Crippen LogP contribution in [0.1, 0.15) is 11.6 Å². The maximum atomic E-state index is 6.09. The van der Waals surface area contributed by atoms with E-state index >= 15 is 0 Å². The van der Waals surface area contributed by atoms with Gasteiger partial charge in [-0.25, -0.2) is 0 Å². The Morgan fingerprint density at radius 1 is 1.15 bits per heavy atom. The van der Waals surface area contributed by atoms with Crippen LogP contribution in [0.25, 0.3) is 0 Å². The van der Waals surface area contributed by atoms with E-state index < -0.39 is 0 Å². The van der Waals surface area contributed by atoms with Crippen LogP contribution in [0.2, 0.25) is 5.02 Å². The van der Waals surface area contributed by atoms with Gasteiger partial charge in [0.1, 0.15) is 0 Å². The Morgan fingerprint density at radius 2 is 1.95 bits per heavy atom. The van der Waals surface area contributed by atoms with E-state index in [2.05, 4.69) is 45.5 Å². The minimum Gasteiger partial charge on any atom is -0.334 e. The highest BCUT2D eigenvalue weighted by molar-refractivity contribution is 9.10. The Morgan fingerprint density at radius 3 is 2.75 bits per heavy atom. The molecule has 0 saturated heterocycles. The van der Waals surface area contributed by atoms with Crippen molar-refractivity contribution in [3.05, 3.63) is 63.6 Å². The van der Waals surface area contributed by atoms with E-state index in [1.807, 2.05) is 24.3 Å². The molecule has 2 aromatic carbocycles. The number of nitrogens with zero attached hydrogens (tertiary/aromatic N) is 1. The van der Waals surface area contributed by atoms with Crippen molar-refractivity contribution in [1.82, 2.24) is 0 Å². The maximum absolute atomic E-state index is 6.09. The molecule has 0 aliphatic carbocycles. The first-order valence-electron chi connectivity index (χ1n) is 6.20. The smallest absolute Gasteiger partial charge is 0.161 e. The van der Waals surface area contributed by atoms with Crippen LogP contribution in [0.3, 0.4) is 0 Å². The summed E-state index contributed by atoms with van der Waals surface area (Å²) in [6.07, 6.45) is 0. The fraction of sp³-hybridized carbons (Fsp3) is 0.133. The summed E-state index contributed by atoms with van der Waals surface area (Å²) in [4.78, 5) is 4.73. The van der Waals surface area contributed by atoms with Crippen LogP contribution in [-0.4, -0.2) is 10.9 Å². The summed E-state index contributed by atoms with van der Waals surface area (Å²) in [6.45, 7) is 0. The molecule has 0 fully saturated rings. The number of thioether (sulfide) groups is 1. The molecule has 0 radical (unpaired) electrons. The van der Waals surface area contributed by atoms with Crippen LogP contribution >= 0.6 is 39.3 Å². The van der Waals surface area contributed by atoms with Crippen molar-refractivity contribution in [2.45, 2.75) is 6.04 Å². The molecule has 2 nitrogen and oxygen atoms in total. The van der Waals surface area contributed by atoms with Gasteiger partial charge < -0.3 is 5.32 Å². The molecule has 1 aliphatic rings. The van der Waals surface area contributed by atoms with Gasteiger partial charge in [0.25, 0.3) is 0 Å². The van der Waals surface area contributed by atoms with Gasteiger partial charge in [0, 0.05) is 5.75 Å². The van der Waals surface area contributed by atoms with Crippen molar-refractivity contribution in [1.29, 1.82) is 0 Å². The zero-order valence-corrected chi connectivity index (χ0v) is 13.7. The number of nitrogens with one attached hydrogen (secondary N) is 1. The lowest BCUT2D eigenvalue weighted by Crippen LogP contribution is -2.05. The molecule has 2 aromatic rings. The van der Waals surface area contributed by atoms with Gasteiger partial charge >= 0.3 is 0 Å². The second kappa shape index (κ2) is 6.20. The van der Waals surface area contributed by atoms with Gasteiger partial charge in [0.15, 0.2) is 5.17 Å². The van der Waals surface area contributed by atoms with Crippen LogP contribution in [0.5, 0.6) is 0 Å². The van der Waals surface area contributed by atoms with Crippen LogP contribution < -0.4 is 5.32 Å². The second-order valence-corrected chi connectivity index (χ2v) is 6.61. The highest BCUT2D eigenvalue weighted by atomic mass is 79.9. The summed E-state index contributed by atoms with van der Waals surface area (Å²) in [7, 11) is 0. The minimum absolute atomic E-state index is 0.224. The Balaban J connectivity index is 1.78. The summed E-state index contributed by atoms with van der Waals surface area (Å²) in [5, 5.41) is 4.96. The van der Waals surface area contributed by atoms with Crippen molar-refractivity contribution >= 4 is 50.1 Å². The van der Waals surface area contributed by atoms with Crippen molar-refractivity contribution in [3.63, 3.8) is 0 Å². The largest absolute Gasteiger partial charge is 0.334 e. The third-order valence-corrected chi connectivity index (χ3v) is 5.39. The van der Waals surface area contributed by atoms with Crippen molar-refractivity contribution in [2.75, 3.05) is 11.1 Å². The normalized spacial score (nSPS) is 17.9. The Hall–Kier alpha value is -0.970. The van der Waals surface area contributed by atoms with Crippen LogP contribution in [0.15, 0.2) is 58.0 Å². The number of hydrogen-bond donors (Lipinski definition) is 1. The fourth-order valence-corrected chi connectivity index (χ4v) is 3.51. The molecule has 1 unspecified atom stereocenters. The number of anilines is 1. The van der Waals surface area contributed by atoms with Gasteiger partial charge in [-0.05, 0) is 33.6 Å². The van der Waals surface area contributed by atoms with E-state index in [9.17, 15) is 0 Å². The molecule has 102 valence electrons. The van der Waals surface area contributed by atoms with Gasteiger partial charge in [0.05, 0.1) is 21.2 Å². The summed E-state index contributed by atoms with van der Waals surface area (Å²) in [5.41, 5.74) is 2.19. The molecule has 5 heteroatoms. The molecule has 0 spiro atoms. The van der Waals surface area contributed by atoms with Crippen LogP contribution in [0, 0.1) is 0 Å². The number of amidine groups is 1. The summed E-state index contributed by atoms with van der Waals surface area (Å²) in [5.74, 6) is 0.963. The highest BCUT2D eigenvalue weighted by Crippen LogP contribution is 2.34. The monoisotopic (exact) mass is 366 g/mol. The molecule has 20 heavy (non-hydrogen) atoms. The lowest BCUT2D eigenvalue weighted by Gasteiger charge is -2.08. The zero-order chi connectivity index (χ0) is 13.9. The third kappa shape index (κ3) is 3.03. The van der Waals surface area contributed by atoms with E-state index in [-0.39, 0.29) is 6.04 Å². The predicted octanol–water partition coefficient (Wildman–Crippen LogP) is 5.36. The van der Waals surface area contributed by atoms with E-state index in [0.717, 1.165) is 21.1 Å². The van der Waals surface area contributed by atoms with Gasteiger partial charge in [-0.3, -0.25) is 4.99 Å². The number of rotatable bonds is 2. The highest BCUT2D eigenvalue weighted by Gasteiger charge is 2.20. The standard InChI is InChI=1S/C15H12BrClN2S/c16-14-11(17)7-4-8-12(14)18-15-19-13(9-20-15)10-5-2-1-3-6-10/h1-8,13H,9H2,(H,18,19). The summed E-state index contributed by atoms with van der Waals surface area (Å²) >= 11 is 11.3. The fourth-order valence-electron chi connectivity index (χ4n) is 2.00. The zero-order valence-electron chi connectivity index (χ0n) is 10.5. The third-order valence-electron chi connectivity index (χ3n) is 3.03. The first-order valence-corrected chi connectivity index (χ1v) is 8.36. The number of aliphatic imine (C=N–C) groups is 1. The molecule has 0 bridgehead atoms. The first-order chi connectivity index (χ1) is 9.74. The van der Waals surface area contributed by atoms with E-state index in [1.54, 1.807) is 11.8 Å². The van der Waals surface area contributed by atoms with E-state index in [0.29, 0.717) is 5.02 Å². The molecular formula is C15H12BrClN2S. The minimum atomic E-state index is 0.224. The van der Waals surface area contributed by atoms with Crippen LogP contribution in [0.4, 0.5) is 5.69 Å². The lowest BCUT2D eigenvalue weighted by atomic mass is 10.1. The number of benzene rings is 2. The maximum Gasteiger partial charge on any atom is 0.161 e. The van der Waals surface area contributed by atoms with Crippen molar-refractivity contribution in [3.8, 4) is 0 Å². The molecule has 3 rings (SSSR count). The van der Waals surface area contributed by atoms with Crippen LogP contribution in [-0.2, 0) is 0 Å². The average molecular weight is 368 g/mol. The van der Waals surface area contributed by atoms with Crippen molar-refractivity contribution < 1.29 is 0 Å². The van der Waals surface area contributed by atoms with Gasteiger partial charge in [0.2, 0.25) is 0 Å². The molecule has 0 saturated carbocycles. The first kappa shape index (κ1) is 14.0. The van der Waals surface area contributed by atoms with Gasteiger partial charge in [-0.15, -0.1) is 0 Å². The molecule has 1 aliphatic heterocycles. The summed E-state index contributed by atoms with van der Waals surface area (Å²) in [6, 6.07) is 16.3. The average Bonchev–Trinajstić information content (AvgIpc) is 2.93. The molecule has 1 N–H and O–H groups in total. The van der Waals surface area contributed by atoms with Crippen molar-refractivity contribution in [2.24, 2.45) is 4.99 Å². The van der Waals surface area contributed by atoms with Gasteiger partial charge in [-0.1, -0.05) is 59.8 Å².